The van der Waals surface area contributed by atoms with Crippen LogP contribution in [-0.2, 0) is 0 Å². The van der Waals surface area contributed by atoms with Gasteiger partial charge in [0.25, 0.3) is 5.91 Å². The largest absolute Gasteiger partial charge is 0.385 e. The molecule has 0 atom stereocenters. The Balaban J connectivity index is 2.98. The van der Waals surface area contributed by atoms with E-state index >= 15 is 0 Å². The molecular weight excluding hydrogens is 236 g/mol. The highest BCUT2D eigenvalue weighted by Crippen LogP contribution is 2.19. The van der Waals surface area contributed by atoms with Gasteiger partial charge < -0.3 is 10.2 Å². The number of aryl methyl sites for hydroxylation is 1. The second-order valence-corrected chi connectivity index (χ2v) is 4.82. The van der Waals surface area contributed by atoms with Gasteiger partial charge in [0.1, 0.15) is 0 Å². The summed E-state index contributed by atoms with van der Waals surface area (Å²) in [6, 6.07) is 6.02. The molecule has 0 aliphatic carbocycles. The number of carbonyl (C=O) groups is 1. The smallest absolute Gasteiger partial charge is 0.255 e. The van der Waals surface area contributed by atoms with E-state index in [0.717, 1.165) is 49.3 Å². The van der Waals surface area contributed by atoms with E-state index in [1.807, 2.05) is 43.9 Å². The summed E-state index contributed by atoms with van der Waals surface area (Å²) < 4.78 is 0. The van der Waals surface area contributed by atoms with Crippen LogP contribution in [0.4, 0.5) is 5.69 Å². The van der Waals surface area contributed by atoms with Crippen LogP contribution in [-0.4, -0.2) is 30.4 Å². The number of hydrogen-bond acceptors (Lipinski definition) is 2. The number of nitrogens with zero attached hydrogens (tertiary/aromatic N) is 1. The molecule has 106 valence electrons. The number of nitrogens with one attached hydrogen (secondary N) is 1. The minimum atomic E-state index is 0.135. The molecule has 1 aromatic rings. The number of amides is 1. The second-order valence-electron chi connectivity index (χ2n) is 4.82. The summed E-state index contributed by atoms with van der Waals surface area (Å²) in [7, 11) is 0. The van der Waals surface area contributed by atoms with E-state index in [2.05, 4.69) is 12.2 Å². The molecule has 0 bridgehead atoms. The van der Waals surface area contributed by atoms with Crippen molar-refractivity contribution in [1.82, 2.24) is 4.90 Å². The van der Waals surface area contributed by atoms with Crippen LogP contribution in [0.1, 0.15) is 49.5 Å². The minimum Gasteiger partial charge on any atom is -0.385 e. The minimum absolute atomic E-state index is 0.135. The summed E-state index contributed by atoms with van der Waals surface area (Å²) in [5, 5.41) is 3.27. The number of carbonyl (C=O) groups excluding carboxylic acids is 1. The molecular formula is C16H26N2O. The first kappa shape index (κ1) is 15.5. The number of benzene rings is 1. The molecule has 0 aromatic heterocycles. The molecule has 0 fully saturated rings. The van der Waals surface area contributed by atoms with Crippen molar-refractivity contribution in [3.63, 3.8) is 0 Å². The van der Waals surface area contributed by atoms with E-state index in [9.17, 15) is 4.79 Å². The highest BCUT2D eigenvalue weighted by Gasteiger charge is 2.17. The van der Waals surface area contributed by atoms with Gasteiger partial charge in [-0.05, 0) is 39.3 Å². The third-order valence-electron chi connectivity index (χ3n) is 3.22. The summed E-state index contributed by atoms with van der Waals surface area (Å²) in [5.74, 6) is 0.135. The Morgan fingerprint density at radius 3 is 2.58 bits per heavy atom. The van der Waals surface area contributed by atoms with Gasteiger partial charge in [-0.3, -0.25) is 4.79 Å². The van der Waals surface area contributed by atoms with Gasteiger partial charge in [0, 0.05) is 25.3 Å². The van der Waals surface area contributed by atoms with Gasteiger partial charge in [-0.1, -0.05) is 25.0 Å². The zero-order valence-electron chi connectivity index (χ0n) is 12.6. The third-order valence-corrected chi connectivity index (χ3v) is 3.22. The molecule has 0 heterocycles. The van der Waals surface area contributed by atoms with Gasteiger partial charge in [0.2, 0.25) is 0 Å². The first-order valence-corrected chi connectivity index (χ1v) is 7.27. The van der Waals surface area contributed by atoms with Gasteiger partial charge in [-0.15, -0.1) is 0 Å². The standard InChI is InChI=1S/C16H26N2O/c1-5-8-11-18(7-3)16(19)14-12-13(4)9-10-15(14)17-6-2/h9-10,12,17H,5-8,11H2,1-4H3. The Kier molecular flexibility index (Phi) is 6.40. The van der Waals surface area contributed by atoms with Crippen molar-refractivity contribution >= 4 is 11.6 Å². The number of rotatable bonds is 7. The average molecular weight is 262 g/mol. The molecule has 0 aliphatic heterocycles. The maximum atomic E-state index is 12.6. The molecule has 3 nitrogen and oxygen atoms in total. The molecule has 3 heteroatoms. The number of unbranched alkanes of at least 4 members (excludes halogenated alkanes) is 1. The lowest BCUT2D eigenvalue weighted by molar-refractivity contribution is 0.0763. The van der Waals surface area contributed by atoms with Crippen LogP contribution in [0.5, 0.6) is 0 Å². The van der Waals surface area contributed by atoms with Gasteiger partial charge in [0.15, 0.2) is 0 Å². The first-order valence-electron chi connectivity index (χ1n) is 7.27. The normalized spacial score (nSPS) is 10.3. The molecule has 0 spiro atoms. The summed E-state index contributed by atoms with van der Waals surface area (Å²) in [6.07, 6.45) is 2.17. The molecule has 0 saturated carbocycles. The molecule has 1 aromatic carbocycles. The van der Waals surface area contributed by atoms with Crippen LogP contribution in [0.25, 0.3) is 0 Å². The molecule has 0 aliphatic rings. The highest BCUT2D eigenvalue weighted by atomic mass is 16.2. The monoisotopic (exact) mass is 262 g/mol. The van der Waals surface area contributed by atoms with Crippen molar-refractivity contribution in [2.45, 2.75) is 40.5 Å². The Labute approximate surface area is 117 Å². The van der Waals surface area contributed by atoms with Gasteiger partial charge in [-0.2, -0.15) is 0 Å². The van der Waals surface area contributed by atoms with Crippen molar-refractivity contribution in [1.29, 1.82) is 0 Å². The van der Waals surface area contributed by atoms with E-state index in [4.69, 9.17) is 0 Å². The SMILES string of the molecule is CCCCN(CC)C(=O)c1cc(C)ccc1NCC. The highest BCUT2D eigenvalue weighted by molar-refractivity contribution is 5.99. The lowest BCUT2D eigenvalue weighted by Crippen LogP contribution is -2.32. The van der Waals surface area contributed by atoms with Gasteiger partial charge in [0.05, 0.1) is 5.56 Å². The number of hydrogen-bond donors (Lipinski definition) is 1. The van der Waals surface area contributed by atoms with Crippen LogP contribution in [0.15, 0.2) is 18.2 Å². The lowest BCUT2D eigenvalue weighted by atomic mass is 10.1. The Bertz CT molecular complexity index is 415. The predicted octanol–water partition coefficient (Wildman–Crippen LogP) is 3.69. The molecule has 0 unspecified atom stereocenters. The Hall–Kier alpha value is -1.51. The Morgan fingerprint density at radius 1 is 1.26 bits per heavy atom. The van der Waals surface area contributed by atoms with Crippen molar-refractivity contribution in [2.24, 2.45) is 0 Å². The van der Waals surface area contributed by atoms with E-state index in [0.29, 0.717) is 0 Å². The summed E-state index contributed by atoms with van der Waals surface area (Å²) in [4.78, 5) is 14.5. The third kappa shape index (κ3) is 4.27. The quantitative estimate of drug-likeness (QED) is 0.813. The molecule has 1 amide bonds. The summed E-state index contributed by atoms with van der Waals surface area (Å²) >= 11 is 0. The van der Waals surface area contributed by atoms with Crippen LogP contribution >= 0.6 is 0 Å². The first-order chi connectivity index (χ1) is 9.13. The summed E-state index contributed by atoms with van der Waals surface area (Å²) in [6.45, 7) is 10.7. The lowest BCUT2D eigenvalue weighted by Gasteiger charge is -2.22. The fourth-order valence-corrected chi connectivity index (χ4v) is 2.10. The molecule has 1 N–H and O–H groups in total. The number of anilines is 1. The van der Waals surface area contributed by atoms with E-state index in [-0.39, 0.29) is 5.91 Å². The van der Waals surface area contributed by atoms with E-state index in [1.54, 1.807) is 0 Å². The van der Waals surface area contributed by atoms with Crippen LogP contribution in [0.2, 0.25) is 0 Å². The van der Waals surface area contributed by atoms with Crippen molar-refractivity contribution in [3.8, 4) is 0 Å². The van der Waals surface area contributed by atoms with E-state index in [1.165, 1.54) is 0 Å². The summed E-state index contributed by atoms with van der Waals surface area (Å²) in [5.41, 5.74) is 2.85. The van der Waals surface area contributed by atoms with Gasteiger partial charge in [-0.25, -0.2) is 0 Å². The molecule has 0 radical (unpaired) electrons. The van der Waals surface area contributed by atoms with Crippen molar-refractivity contribution in [2.75, 3.05) is 25.0 Å². The Morgan fingerprint density at radius 2 is 2.00 bits per heavy atom. The zero-order chi connectivity index (χ0) is 14.3. The van der Waals surface area contributed by atoms with Crippen molar-refractivity contribution in [3.05, 3.63) is 29.3 Å². The van der Waals surface area contributed by atoms with Gasteiger partial charge >= 0.3 is 0 Å². The second kappa shape index (κ2) is 7.82. The van der Waals surface area contributed by atoms with Crippen molar-refractivity contribution < 1.29 is 4.79 Å². The maximum Gasteiger partial charge on any atom is 0.255 e. The average Bonchev–Trinajstić information content (AvgIpc) is 2.41. The molecule has 19 heavy (non-hydrogen) atoms. The molecule has 0 saturated heterocycles. The molecule has 1 rings (SSSR count). The van der Waals surface area contributed by atoms with Crippen LogP contribution in [0.3, 0.4) is 0 Å². The fourth-order valence-electron chi connectivity index (χ4n) is 2.10. The zero-order valence-corrected chi connectivity index (χ0v) is 12.6. The fraction of sp³-hybridized carbons (Fsp3) is 0.562. The topological polar surface area (TPSA) is 32.3 Å². The van der Waals surface area contributed by atoms with Crippen LogP contribution < -0.4 is 5.32 Å². The van der Waals surface area contributed by atoms with E-state index < -0.39 is 0 Å². The van der Waals surface area contributed by atoms with Crippen LogP contribution in [0, 0.1) is 6.92 Å². The predicted molar refractivity (Wildman–Crippen MR) is 81.8 cm³/mol. The maximum absolute atomic E-state index is 12.6.